The fraction of sp³-hybridized carbons (Fsp3) is 0.324. The van der Waals surface area contributed by atoms with E-state index >= 15 is 0 Å². The van der Waals surface area contributed by atoms with Crippen molar-refractivity contribution in [3.8, 4) is 57.5 Å². The first kappa shape index (κ1) is 53.1. The largest absolute Gasteiger partial charge is 0.488 e. The molecule has 8 aromatic carbocycles. The number of rotatable bonds is 21. The molecule has 0 fully saturated rings. The van der Waals surface area contributed by atoms with E-state index in [0.717, 1.165) is 105 Å². The second-order valence-electron chi connectivity index (χ2n) is 21.6. The van der Waals surface area contributed by atoms with E-state index in [-0.39, 0.29) is 22.3 Å². The third-order valence-electron chi connectivity index (χ3n) is 15.9. The molecule has 0 amide bonds. The number of ether oxygens (including phenoxy) is 6. The van der Waals surface area contributed by atoms with Gasteiger partial charge in [0.1, 0.15) is 68.7 Å². The fourth-order valence-electron chi connectivity index (χ4n) is 9.55. The van der Waals surface area contributed by atoms with Crippen molar-refractivity contribution < 1.29 is 28.4 Å². The van der Waals surface area contributed by atoms with Crippen LogP contribution in [0.2, 0.25) is 0 Å². The van der Waals surface area contributed by atoms with Crippen LogP contribution >= 0.6 is 0 Å². The van der Waals surface area contributed by atoms with E-state index in [1.165, 1.54) is 22.3 Å². The molecule has 3 unspecified atom stereocenters. The molecule has 0 heterocycles. The van der Waals surface area contributed by atoms with Crippen LogP contribution in [0, 0.1) is 13.8 Å². The maximum absolute atomic E-state index is 7.21. The first-order chi connectivity index (χ1) is 35.4. The van der Waals surface area contributed by atoms with Crippen LogP contribution in [-0.4, -0.2) is 11.2 Å². The molecule has 0 spiro atoms. The summed E-state index contributed by atoms with van der Waals surface area (Å²) in [5.41, 5.74) is 6.24. The molecule has 0 aliphatic carbocycles. The van der Waals surface area contributed by atoms with Gasteiger partial charge in [0.25, 0.3) is 0 Å². The van der Waals surface area contributed by atoms with Crippen molar-refractivity contribution in [3.05, 3.63) is 203 Å². The number of hydrogen-bond acceptors (Lipinski definition) is 6. The van der Waals surface area contributed by atoms with Crippen LogP contribution in [-0.2, 0) is 10.8 Å². The summed E-state index contributed by atoms with van der Waals surface area (Å²) in [5, 5.41) is 1.97. The van der Waals surface area contributed by atoms with E-state index in [0.29, 0.717) is 0 Å². The van der Waals surface area contributed by atoms with E-state index in [4.69, 9.17) is 28.4 Å². The Morgan fingerprint density at radius 1 is 0.378 bits per heavy atom. The van der Waals surface area contributed by atoms with Gasteiger partial charge in [0, 0.05) is 22.1 Å². The number of hydrogen-bond donors (Lipinski definition) is 0. The van der Waals surface area contributed by atoms with Crippen molar-refractivity contribution >= 4 is 10.8 Å². The molecule has 8 aromatic rings. The Balaban J connectivity index is 0.898. The highest BCUT2D eigenvalue weighted by atomic mass is 16.5. The Hall–Kier alpha value is -7.18. The molecule has 74 heavy (non-hydrogen) atoms. The van der Waals surface area contributed by atoms with Crippen LogP contribution < -0.4 is 28.4 Å². The quantitative estimate of drug-likeness (QED) is 0.0715. The molecule has 0 aliphatic heterocycles. The van der Waals surface area contributed by atoms with Gasteiger partial charge < -0.3 is 28.4 Å². The van der Waals surface area contributed by atoms with Crippen molar-refractivity contribution in [1.29, 1.82) is 0 Å². The molecule has 0 aromatic heterocycles. The second-order valence-corrected chi connectivity index (χ2v) is 21.6. The highest BCUT2D eigenvalue weighted by Gasteiger charge is 2.46. The van der Waals surface area contributed by atoms with E-state index in [9.17, 15) is 0 Å². The topological polar surface area (TPSA) is 55.4 Å². The molecule has 6 nitrogen and oxygen atoms in total. The molecule has 6 heteroatoms. The van der Waals surface area contributed by atoms with Crippen LogP contribution in [0.4, 0.5) is 0 Å². The van der Waals surface area contributed by atoms with Crippen LogP contribution in [0.1, 0.15) is 141 Å². The molecule has 3 atom stereocenters. The van der Waals surface area contributed by atoms with Crippen LogP contribution in [0.15, 0.2) is 170 Å². The summed E-state index contributed by atoms with van der Waals surface area (Å²) in [5.74, 6) is 8.07. The average molecular weight is 989 g/mol. The zero-order chi connectivity index (χ0) is 52.8. The molecule has 0 saturated heterocycles. The number of fused-ring (bicyclic) bond motifs is 1. The van der Waals surface area contributed by atoms with Gasteiger partial charge >= 0.3 is 0 Å². The summed E-state index contributed by atoms with van der Waals surface area (Å²) < 4.78 is 39.0. The zero-order valence-electron chi connectivity index (χ0n) is 46.0. The van der Waals surface area contributed by atoms with Gasteiger partial charge in [-0.25, -0.2) is 0 Å². The van der Waals surface area contributed by atoms with Gasteiger partial charge in [-0.3, -0.25) is 0 Å². The van der Waals surface area contributed by atoms with E-state index in [1.807, 2.05) is 78.9 Å². The van der Waals surface area contributed by atoms with Gasteiger partial charge in [-0.2, -0.15) is 0 Å². The minimum atomic E-state index is -0.558. The maximum Gasteiger partial charge on any atom is 0.135 e. The van der Waals surface area contributed by atoms with Gasteiger partial charge in [-0.15, -0.1) is 0 Å². The molecular weight excluding hydrogens is 913 g/mol. The van der Waals surface area contributed by atoms with Gasteiger partial charge in [-0.05, 0) is 196 Å². The minimum Gasteiger partial charge on any atom is -0.488 e. The molecule has 0 aliphatic rings. The maximum atomic E-state index is 7.21. The summed E-state index contributed by atoms with van der Waals surface area (Å²) in [6, 6.07) is 57.8. The van der Waals surface area contributed by atoms with Crippen molar-refractivity contribution in [2.45, 2.75) is 144 Å². The standard InChI is InChI=1S/C68H76O6/c1-14-65(8,9)51-26-30-53(31-27-51)69-56-36-40-58(41-37-56)72-63-22-18-21-60-59(63)20-19-23-64(60)74-68(13,17-4)67(12,16-3)52-28-32-54(33-29-52)70-55-34-38-57(39-35-55)71-61-42-24-49(44-46(61)5)48(7)50-25-43-62(47(6)45-50)73-66(10,11)15-2/h18-45,48H,14-17H2,1-13H3. The monoisotopic (exact) mass is 989 g/mol. The Labute approximate surface area is 441 Å². The SMILES string of the molecule is CCC(C)(C)Oc1ccc(C(C)c2ccc(Oc3ccc(Oc4ccc(C(C)(CC)C(C)(CC)Oc5cccc6c(Oc7ccc(Oc8ccc(C(C)(C)CC)cc8)cc7)cccc56)cc4)cc3)c(C)c2)cc1C. The Morgan fingerprint density at radius 3 is 1.24 bits per heavy atom. The predicted octanol–water partition coefficient (Wildman–Crippen LogP) is 19.9. The van der Waals surface area contributed by atoms with E-state index < -0.39 is 5.60 Å². The predicted molar refractivity (Wildman–Crippen MR) is 305 cm³/mol. The molecule has 0 radical (unpaired) electrons. The minimum absolute atomic E-state index is 0.129. The smallest absolute Gasteiger partial charge is 0.135 e. The summed E-state index contributed by atoms with van der Waals surface area (Å²) in [6.07, 6.45) is 3.67. The zero-order valence-corrected chi connectivity index (χ0v) is 46.0. The number of aryl methyl sites for hydroxylation is 2. The lowest BCUT2D eigenvalue weighted by Crippen LogP contribution is -2.51. The first-order valence-electron chi connectivity index (χ1n) is 26.6. The summed E-state index contributed by atoms with van der Waals surface area (Å²) >= 11 is 0. The van der Waals surface area contributed by atoms with Gasteiger partial charge in [-0.1, -0.05) is 128 Å². The van der Waals surface area contributed by atoms with Gasteiger partial charge in [0.15, 0.2) is 0 Å². The fourth-order valence-corrected chi connectivity index (χ4v) is 9.55. The lowest BCUT2D eigenvalue weighted by molar-refractivity contribution is 0.00433. The highest BCUT2D eigenvalue weighted by molar-refractivity contribution is 5.93. The molecule has 384 valence electrons. The second kappa shape index (κ2) is 22.1. The lowest BCUT2D eigenvalue weighted by atomic mass is 9.66. The van der Waals surface area contributed by atoms with Crippen LogP contribution in [0.3, 0.4) is 0 Å². The normalized spacial score (nSPS) is 13.9. The Kier molecular flexibility index (Phi) is 15.9. The molecule has 0 N–H and O–H groups in total. The number of benzene rings is 8. The van der Waals surface area contributed by atoms with Crippen molar-refractivity contribution in [3.63, 3.8) is 0 Å². The first-order valence-corrected chi connectivity index (χ1v) is 26.6. The highest BCUT2D eigenvalue weighted by Crippen LogP contribution is 2.46. The summed E-state index contributed by atoms with van der Waals surface area (Å²) in [4.78, 5) is 0. The average Bonchev–Trinajstić information content (AvgIpc) is 3.41. The molecular formula is C68H76O6. The van der Waals surface area contributed by atoms with Crippen molar-refractivity contribution in [2.75, 3.05) is 0 Å². The van der Waals surface area contributed by atoms with E-state index in [1.54, 1.807) is 0 Å². The van der Waals surface area contributed by atoms with Gasteiger partial charge in [0.2, 0.25) is 0 Å². The Morgan fingerprint density at radius 2 is 0.797 bits per heavy atom. The third kappa shape index (κ3) is 11.8. The molecule has 0 saturated carbocycles. The molecule has 0 bridgehead atoms. The summed E-state index contributed by atoms with van der Waals surface area (Å²) in [7, 11) is 0. The summed E-state index contributed by atoms with van der Waals surface area (Å²) in [6.45, 7) is 28.6. The van der Waals surface area contributed by atoms with Crippen molar-refractivity contribution in [2.24, 2.45) is 0 Å². The Bertz CT molecular complexity index is 3150. The van der Waals surface area contributed by atoms with Crippen molar-refractivity contribution in [1.82, 2.24) is 0 Å². The molecule has 8 rings (SSSR count). The van der Waals surface area contributed by atoms with E-state index in [2.05, 4.69) is 181 Å². The third-order valence-corrected chi connectivity index (χ3v) is 15.9. The lowest BCUT2D eigenvalue weighted by Gasteiger charge is -2.46. The van der Waals surface area contributed by atoms with Gasteiger partial charge in [0.05, 0.1) is 0 Å². The van der Waals surface area contributed by atoms with Crippen LogP contribution in [0.5, 0.6) is 57.5 Å². The van der Waals surface area contributed by atoms with Crippen LogP contribution in [0.25, 0.3) is 10.8 Å².